The lowest BCUT2D eigenvalue weighted by molar-refractivity contribution is 0.306. The first-order chi connectivity index (χ1) is 10.3. The molecule has 1 saturated heterocycles. The lowest BCUT2D eigenvalue weighted by atomic mass is 9.90. The summed E-state index contributed by atoms with van der Waals surface area (Å²) in [4.78, 5) is 0. The van der Waals surface area contributed by atoms with Crippen molar-refractivity contribution >= 4 is 11.6 Å². The predicted octanol–water partition coefficient (Wildman–Crippen LogP) is 4.39. The van der Waals surface area contributed by atoms with Gasteiger partial charge in [-0.15, -0.1) is 0 Å². The summed E-state index contributed by atoms with van der Waals surface area (Å²) in [6, 6.07) is 16.3. The van der Waals surface area contributed by atoms with Crippen LogP contribution in [0.15, 0.2) is 48.5 Å². The van der Waals surface area contributed by atoms with Crippen molar-refractivity contribution in [3.05, 3.63) is 64.7 Å². The zero-order valence-corrected chi connectivity index (χ0v) is 12.8. The molecule has 21 heavy (non-hydrogen) atoms. The van der Waals surface area contributed by atoms with Crippen LogP contribution in [0.3, 0.4) is 0 Å². The first kappa shape index (κ1) is 14.4. The summed E-state index contributed by atoms with van der Waals surface area (Å²) in [5, 5.41) is 4.15. The molecule has 3 heteroatoms. The van der Waals surface area contributed by atoms with Gasteiger partial charge in [-0.25, -0.2) is 0 Å². The van der Waals surface area contributed by atoms with Crippen LogP contribution < -0.4 is 10.1 Å². The largest absolute Gasteiger partial charge is 0.489 e. The maximum absolute atomic E-state index is 5.97. The van der Waals surface area contributed by atoms with E-state index in [1.165, 1.54) is 18.4 Å². The Labute approximate surface area is 131 Å². The van der Waals surface area contributed by atoms with E-state index in [-0.39, 0.29) is 0 Å². The SMILES string of the molecule is Clc1cccc(COc2ccc(C3CCNCC3)cc2)c1. The molecule has 110 valence electrons. The molecule has 1 heterocycles. The molecule has 0 spiro atoms. The summed E-state index contributed by atoms with van der Waals surface area (Å²) >= 11 is 5.97. The molecule has 0 atom stereocenters. The van der Waals surface area contributed by atoms with Crippen LogP contribution >= 0.6 is 11.6 Å². The quantitative estimate of drug-likeness (QED) is 0.904. The third kappa shape index (κ3) is 3.99. The molecule has 1 fully saturated rings. The predicted molar refractivity (Wildman–Crippen MR) is 87.1 cm³/mol. The molecule has 0 amide bonds. The van der Waals surface area contributed by atoms with E-state index in [2.05, 4.69) is 29.6 Å². The van der Waals surface area contributed by atoms with Gasteiger partial charge in [-0.05, 0) is 67.2 Å². The Morgan fingerprint density at radius 3 is 2.52 bits per heavy atom. The maximum Gasteiger partial charge on any atom is 0.119 e. The standard InChI is InChI=1S/C18H20ClNO/c19-17-3-1-2-14(12-17)13-21-18-6-4-15(5-7-18)16-8-10-20-11-9-16/h1-7,12,16,20H,8-11,13H2. The summed E-state index contributed by atoms with van der Waals surface area (Å²) in [5.74, 6) is 1.60. The first-order valence-electron chi connectivity index (χ1n) is 7.49. The summed E-state index contributed by atoms with van der Waals surface area (Å²) in [5.41, 5.74) is 2.51. The molecule has 0 aromatic heterocycles. The fraction of sp³-hybridized carbons (Fsp3) is 0.333. The van der Waals surface area contributed by atoms with Crippen molar-refractivity contribution in [3.63, 3.8) is 0 Å². The summed E-state index contributed by atoms with van der Waals surface area (Å²) in [7, 11) is 0. The second-order valence-electron chi connectivity index (χ2n) is 5.51. The van der Waals surface area contributed by atoms with Gasteiger partial charge in [0.2, 0.25) is 0 Å². The molecule has 3 rings (SSSR count). The lowest BCUT2D eigenvalue weighted by Gasteiger charge is -2.23. The van der Waals surface area contributed by atoms with Gasteiger partial charge in [0.05, 0.1) is 0 Å². The molecule has 0 unspecified atom stereocenters. The number of hydrogen-bond donors (Lipinski definition) is 1. The minimum Gasteiger partial charge on any atom is -0.489 e. The van der Waals surface area contributed by atoms with Crippen LogP contribution in [0.1, 0.15) is 29.9 Å². The van der Waals surface area contributed by atoms with Crippen molar-refractivity contribution < 1.29 is 4.74 Å². The van der Waals surface area contributed by atoms with Gasteiger partial charge in [0.25, 0.3) is 0 Å². The van der Waals surface area contributed by atoms with Crippen LogP contribution in [0.25, 0.3) is 0 Å². The molecule has 0 radical (unpaired) electrons. The monoisotopic (exact) mass is 301 g/mol. The van der Waals surface area contributed by atoms with Gasteiger partial charge in [0.15, 0.2) is 0 Å². The zero-order chi connectivity index (χ0) is 14.5. The number of piperidine rings is 1. The van der Waals surface area contributed by atoms with Crippen LogP contribution in [0.4, 0.5) is 0 Å². The molecule has 0 saturated carbocycles. The third-order valence-electron chi connectivity index (χ3n) is 3.99. The maximum atomic E-state index is 5.97. The first-order valence-corrected chi connectivity index (χ1v) is 7.87. The fourth-order valence-electron chi connectivity index (χ4n) is 2.78. The van der Waals surface area contributed by atoms with Crippen molar-refractivity contribution in [2.75, 3.05) is 13.1 Å². The van der Waals surface area contributed by atoms with E-state index in [0.717, 1.165) is 29.4 Å². The number of rotatable bonds is 4. The smallest absolute Gasteiger partial charge is 0.119 e. The van der Waals surface area contributed by atoms with Crippen LogP contribution in [0, 0.1) is 0 Å². The summed E-state index contributed by atoms with van der Waals surface area (Å²) in [6.45, 7) is 2.79. The van der Waals surface area contributed by atoms with E-state index >= 15 is 0 Å². The summed E-state index contributed by atoms with van der Waals surface area (Å²) < 4.78 is 5.82. The van der Waals surface area contributed by atoms with Crippen LogP contribution in [-0.2, 0) is 6.61 Å². The Balaban J connectivity index is 1.59. The summed E-state index contributed by atoms with van der Waals surface area (Å²) in [6.07, 6.45) is 2.45. The number of halogens is 1. The minimum atomic E-state index is 0.549. The van der Waals surface area contributed by atoms with Gasteiger partial charge >= 0.3 is 0 Å². The molecule has 2 nitrogen and oxygen atoms in total. The average molecular weight is 302 g/mol. The molecule has 1 aliphatic heterocycles. The van der Waals surface area contributed by atoms with Crippen molar-refractivity contribution in [2.24, 2.45) is 0 Å². The second-order valence-corrected chi connectivity index (χ2v) is 5.95. The van der Waals surface area contributed by atoms with E-state index in [0.29, 0.717) is 12.5 Å². The lowest BCUT2D eigenvalue weighted by Crippen LogP contribution is -2.26. The van der Waals surface area contributed by atoms with Crippen LogP contribution in [0.5, 0.6) is 5.75 Å². The number of hydrogen-bond acceptors (Lipinski definition) is 2. The van der Waals surface area contributed by atoms with E-state index in [4.69, 9.17) is 16.3 Å². The van der Waals surface area contributed by atoms with Gasteiger partial charge in [0.1, 0.15) is 12.4 Å². The zero-order valence-electron chi connectivity index (χ0n) is 12.0. The van der Waals surface area contributed by atoms with Crippen molar-refractivity contribution in [3.8, 4) is 5.75 Å². The van der Waals surface area contributed by atoms with E-state index in [1.54, 1.807) is 0 Å². The van der Waals surface area contributed by atoms with E-state index in [9.17, 15) is 0 Å². The Hall–Kier alpha value is -1.51. The molecule has 1 N–H and O–H groups in total. The Morgan fingerprint density at radius 2 is 1.81 bits per heavy atom. The molecule has 0 aliphatic carbocycles. The van der Waals surface area contributed by atoms with Crippen molar-refractivity contribution in [2.45, 2.75) is 25.4 Å². The highest BCUT2D eigenvalue weighted by Gasteiger charge is 2.14. The highest BCUT2D eigenvalue weighted by Crippen LogP contribution is 2.27. The second kappa shape index (κ2) is 6.97. The topological polar surface area (TPSA) is 21.3 Å². The normalized spacial score (nSPS) is 15.9. The highest BCUT2D eigenvalue weighted by atomic mass is 35.5. The average Bonchev–Trinajstić information content (AvgIpc) is 2.54. The number of benzene rings is 2. The Bertz CT molecular complexity index is 576. The molecule has 2 aromatic rings. The number of ether oxygens (including phenoxy) is 1. The highest BCUT2D eigenvalue weighted by molar-refractivity contribution is 6.30. The van der Waals surface area contributed by atoms with Crippen molar-refractivity contribution in [1.82, 2.24) is 5.32 Å². The Kier molecular flexibility index (Phi) is 4.79. The molecular weight excluding hydrogens is 282 g/mol. The third-order valence-corrected chi connectivity index (χ3v) is 4.22. The van der Waals surface area contributed by atoms with E-state index < -0.39 is 0 Å². The van der Waals surface area contributed by atoms with Gasteiger partial charge < -0.3 is 10.1 Å². The van der Waals surface area contributed by atoms with E-state index in [1.807, 2.05) is 24.3 Å². The molecular formula is C18H20ClNO. The number of nitrogens with one attached hydrogen (secondary N) is 1. The van der Waals surface area contributed by atoms with Crippen LogP contribution in [-0.4, -0.2) is 13.1 Å². The van der Waals surface area contributed by atoms with Gasteiger partial charge in [-0.2, -0.15) is 0 Å². The minimum absolute atomic E-state index is 0.549. The Morgan fingerprint density at radius 1 is 1.05 bits per heavy atom. The molecule has 1 aliphatic rings. The molecule has 0 bridgehead atoms. The fourth-order valence-corrected chi connectivity index (χ4v) is 3.00. The van der Waals surface area contributed by atoms with Gasteiger partial charge in [-0.1, -0.05) is 35.9 Å². The van der Waals surface area contributed by atoms with Gasteiger partial charge in [0, 0.05) is 5.02 Å². The van der Waals surface area contributed by atoms with Gasteiger partial charge in [-0.3, -0.25) is 0 Å². The van der Waals surface area contributed by atoms with Crippen LogP contribution in [0.2, 0.25) is 5.02 Å². The molecule has 2 aromatic carbocycles. The van der Waals surface area contributed by atoms with Crippen molar-refractivity contribution in [1.29, 1.82) is 0 Å².